The Kier molecular flexibility index (Phi) is 3.03. The minimum atomic E-state index is -0.0916. The van der Waals surface area contributed by atoms with Crippen LogP contribution in [0.3, 0.4) is 0 Å². The van der Waals surface area contributed by atoms with Gasteiger partial charge in [-0.25, -0.2) is 4.98 Å². The summed E-state index contributed by atoms with van der Waals surface area (Å²) in [6.45, 7) is 1.90. The largest absolute Gasteiger partial charge is 0.365 e. The topological polar surface area (TPSA) is 90.3 Å². The van der Waals surface area contributed by atoms with Crippen LogP contribution in [0, 0.1) is 11.3 Å². The lowest BCUT2D eigenvalue weighted by atomic mass is 10.3. The maximum atomic E-state index is 8.89. The molecule has 0 aliphatic carbocycles. The van der Waals surface area contributed by atoms with E-state index >= 15 is 0 Å². The number of anilines is 1. The molecule has 8 heteroatoms. The molecule has 16 heavy (non-hydrogen) atoms. The van der Waals surface area contributed by atoms with Crippen LogP contribution >= 0.6 is 23.1 Å². The molecule has 2 aromatic heterocycles. The summed E-state index contributed by atoms with van der Waals surface area (Å²) in [5, 5.41) is 19.3. The van der Waals surface area contributed by atoms with Gasteiger partial charge in [-0.05, 0) is 18.5 Å². The second-order valence-corrected chi connectivity index (χ2v) is 4.16. The number of nitrogens with zero attached hydrogens (tertiary/aromatic N) is 4. The SMILES string of the molecule is CC(Nc1snc(Cl)c1C#N)c1ncn[nH]1. The Labute approximate surface area is 100 Å². The fourth-order valence-corrected chi connectivity index (χ4v) is 2.18. The van der Waals surface area contributed by atoms with E-state index in [-0.39, 0.29) is 11.2 Å². The number of hydrogen-bond acceptors (Lipinski definition) is 6. The van der Waals surface area contributed by atoms with E-state index in [2.05, 4.69) is 24.9 Å². The lowest BCUT2D eigenvalue weighted by Gasteiger charge is -2.09. The Morgan fingerprint density at radius 3 is 3.12 bits per heavy atom. The molecule has 0 fully saturated rings. The molecule has 2 aromatic rings. The summed E-state index contributed by atoms with van der Waals surface area (Å²) in [7, 11) is 0. The summed E-state index contributed by atoms with van der Waals surface area (Å²) >= 11 is 6.90. The summed E-state index contributed by atoms with van der Waals surface area (Å²) in [5.74, 6) is 0.688. The first kappa shape index (κ1) is 10.9. The number of rotatable bonds is 3. The maximum absolute atomic E-state index is 8.89. The highest BCUT2D eigenvalue weighted by atomic mass is 35.5. The van der Waals surface area contributed by atoms with Crippen molar-refractivity contribution in [1.82, 2.24) is 19.6 Å². The fourth-order valence-electron chi connectivity index (χ4n) is 1.15. The van der Waals surface area contributed by atoms with Gasteiger partial charge in [0.15, 0.2) is 5.15 Å². The van der Waals surface area contributed by atoms with Gasteiger partial charge < -0.3 is 5.32 Å². The van der Waals surface area contributed by atoms with Gasteiger partial charge in [0, 0.05) is 0 Å². The summed E-state index contributed by atoms with van der Waals surface area (Å²) in [6, 6.07) is 1.91. The smallest absolute Gasteiger partial charge is 0.162 e. The van der Waals surface area contributed by atoms with Crippen molar-refractivity contribution >= 4 is 28.1 Å². The van der Waals surface area contributed by atoms with E-state index in [0.717, 1.165) is 11.5 Å². The van der Waals surface area contributed by atoms with Gasteiger partial charge >= 0.3 is 0 Å². The van der Waals surface area contributed by atoms with Gasteiger partial charge in [-0.2, -0.15) is 14.7 Å². The third-order valence-electron chi connectivity index (χ3n) is 1.95. The van der Waals surface area contributed by atoms with Crippen LogP contribution < -0.4 is 5.32 Å². The molecular formula is C8H7ClN6S. The zero-order valence-corrected chi connectivity index (χ0v) is 9.80. The number of nitriles is 1. The van der Waals surface area contributed by atoms with E-state index in [4.69, 9.17) is 16.9 Å². The molecule has 0 aliphatic heterocycles. The van der Waals surface area contributed by atoms with Crippen molar-refractivity contribution in [3.63, 3.8) is 0 Å². The first-order valence-electron chi connectivity index (χ1n) is 4.39. The normalized spacial score (nSPS) is 12.1. The molecular weight excluding hydrogens is 248 g/mol. The van der Waals surface area contributed by atoms with E-state index in [9.17, 15) is 0 Å². The average Bonchev–Trinajstić information content (AvgIpc) is 2.88. The van der Waals surface area contributed by atoms with Gasteiger partial charge in [0.25, 0.3) is 0 Å². The minimum Gasteiger partial charge on any atom is -0.365 e. The second kappa shape index (κ2) is 4.47. The Bertz CT molecular complexity index is 513. The molecule has 2 heterocycles. The van der Waals surface area contributed by atoms with E-state index < -0.39 is 0 Å². The predicted molar refractivity (Wildman–Crippen MR) is 60.3 cm³/mol. The van der Waals surface area contributed by atoms with Crippen LogP contribution in [-0.4, -0.2) is 19.6 Å². The van der Waals surface area contributed by atoms with Crippen molar-refractivity contribution in [1.29, 1.82) is 5.26 Å². The molecule has 82 valence electrons. The monoisotopic (exact) mass is 254 g/mol. The zero-order valence-electron chi connectivity index (χ0n) is 8.23. The Morgan fingerprint density at radius 1 is 1.69 bits per heavy atom. The maximum Gasteiger partial charge on any atom is 0.162 e. The number of nitrogens with one attached hydrogen (secondary N) is 2. The zero-order chi connectivity index (χ0) is 11.5. The fraction of sp³-hybridized carbons (Fsp3) is 0.250. The van der Waals surface area contributed by atoms with Crippen LogP contribution in [0.5, 0.6) is 0 Å². The number of hydrogen-bond donors (Lipinski definition) is 2. The second-order valence-electron chi connectivity index (χ2n) is 3.03. The Hall–Kier alpha value is -1.65. The molecule has 0 amide bonds. The summed E-state index contributed by atoms with van der Waals surface area (Å²) < 4.78 is 3.90. The highest BCUT2D eigenvalue weighted by Gasteiger charge is 2.15. The lowest BCUT2D eigenvalue weighted by molar-refractivity contribution is 0.798. The third-order valence-corrected chi connectivity index (χ3v) is 3.11. The molecule has 0 saturated heterocycles. The van der Waals surface area contributed by atoms with Crippen molar-refractivity contribution in [2.45, 2.75) is 13.0 Å². The van der Waals surface area contributed by atoms with Gasteiger partial charge in [0.2, 0.25) is 0 Å². The van der Waals surface area contributed by atoms with Crippen molar-refractivity contribution in [2.75, 3.05) is 5.32 Å². The molecule has 0 spiro atoms. The first-order valence-corrected chi connectivity index (χ1v) is 5.54. The molecule has 1 atom stereocenters. The number of halogens is 1. The first-order chi connectivity index (χ1) is 7.72. The van der Waals surface area contributed by atoms with Crippen LogP contribution in [0.2, 0.25) is 5.15 Å². The third kappa shape index (κ3) is 1.98. The Balaban J connectivity index is 2.19. The van der Waals surface area contributed by atoms with Crippen molar-refractivity contribution in [2.24, 2.45) is 0 Å². The molecule has 2 rings (SSSR count). The van der Waals surface area contributed by atoms with Gasteiger partial charge in [-0.15, -0.1) is 0 Å². The molecule has 0 saturated carbocycles. The molecule has 2 N–H and O–H groups in total. The molecule has 0 bridgehead atoms. The van der Waals surface area contributed by atoms with Crippen LogP contribution in [0.15, 0.2) is 6.33 Å². The molecule has 0 aromatic carbocycles. The van der Waals surface area contributed by atoms with Gasteiger partial charge in [-0.3, -0.25) is 5.10 Å². The van der Waals surface area contributed by atoms with Crippen molar-refractivity contribution in [3.05, 3.63) is 22.9 Å². The number of aromatic nitrogens is 4. The molecule has 1 unspecified atom stereocenters. The van der Waals surface area contributed by atoms with Crippen molar-refractivity contribution < 1.29 is 0 Å². The average molecular weight is 255 g/mol. The molecule has 6 nitrogen and oxygen atoms in total. The molecule has 0 aliphatic rings. The van der Waals surface area contributed by atoms with E-state index in [0.29, 0.717) is 16.4 Å². The van der Waals surface area contributed by atoms with E-state index in [1.807, 2.05) is 13.0 Å². The van der Waals surface area contributed by atoms with E-state index in [1.54, 1.807) is 0 Å². The van der Waals surface area contributed by atoms with E-state index in [1.165, 1.54) is 6.33 Å². The summed E-state index contributed by atoms with van der Waals surface area (Å²) in [6.07, 6.45) is 1.43. The highest BCUT2D eigenvalue weighted by molar-refractivity contribution is 7.10. The van der Waals surface area contributed by atoms with Gasteiger partial charge in [0.05, 0.1) is 6.04 Å². The Morgan fingerprint density at radius 2 is 2.50 bits per heavy atom. The quantitative estimate of drug-likeness (QED) is 0.874. The highest BCUT2D eigenvalue weighted by Crippen LogP contribution is 2.29. The summed E-state index contributed by atoms with van der Waals surface area (Å²) in [5.41, 5.74) is 0.359. The van der Waals surface area contributed by atoms with Crippen LogP contribution in [0.4, 0.5) is 5.00 Å². The van der Waals surface area contributed by atoms with Crippen LogP contribution in [0.1, 0.15) is 24.4 Å². The van der Waals surface area contributed by atoms with Crippen molar-refractivity contribution in [3.8, 4) is 6.07 Å². The van der Waals surface area contributed by atoms with Gasteiger partial charge in [0.1, 0.15) is 28.8 Å². The van der Waals surface area contributed by atoms with Crippen LogP contribution in [-0.2, 0) is 0 Å². The lowest BCUT2D eigenvalue weighted by Crippen LogP contribution is -2.08. The van der Waals surface area contributed by atoms with Crippen LogP contribution in [0.25, 0.3) is 0 Å². The summed E-state index contributed by atoms with van der Waals surface area (Å²) in [4.78, 5) is 4.01. The number of H-pyrrole nitrogens is 1. The standard InChI is InChI=1S/C8H7ClN6S/c1-4(7-11-3-12-14-7)13-8-5(2-10)6(9)15-16-8/h3-4,13H,1H3,(H,11,12,14). The predicted octanol–water partition coefficient (Wildman–Crippen LogP) is 1.96. The number of aromatic amines is 1. The minimum absolute atomic E-state index is 0.0916. The van der Waals surface area contributed by atoms with Gasteiger partial charge in [-0.1, -0.05) is 11.6 Å². The molecule has 0 radical (unpaired) electrons.